The van der Waals surface area contributed by atoms with Gasteiger partial charge in [-0.2, -0.15) is 0 Å². The molecule has 0 bridgehead atoms. The minimum Gasteiger partial charge on any atom is -0.443 e. The van der Waals surface area contributed by atoms with Crippen molar-refractivity contribution >= 4 is 33.2 Å². The molecule has 0 spiro atoms. The van der Waals surface area contributed by atoms with E-state index in [1.807, 2.05) is 0 Å². The van der Waals surface area contributed by atoms with Crippen LogP contribution in [-0.2, 0) is 26.0 Å². The quantitative estimate of drug-likeness (QED) is 0.666. The van der Waals surface area contributed by atoms with Crippen molar-refractivity contribution in [1.29, 1.82) is 0 Å². The van der Waals surface area contributed by atoms with Crippen LogP contribution < -0.4 is 10.5 Å². The van der Waals surface area contributed by atoms with Crippen LogP contribution in [-0.4, -0.2) is 33.1 Å². The van der Waals surface area contributed by atoms with Crippen molar-refractivity contribution in [2.24, 2.45) is 5.73 Å². The van der Waals surface area contributed by atoms with Gasteiger partial charge in [0.25, 0.3) is 5.91 Å². The van der Waals surface area contributed by atoms with Crippen molar-refractivity contribution in [1.82, 2.24) is 4.72 Å². The highest BCUT2D eigenvalue weighted by Gasteiger charge is 2.24. The van der Waals surface area contributed by atoms with Crippen molar-refractivity contribution in [2.75, 3.05) is 12.8 Å². The van der Waals surface area contributed by atoms with Crippen molar-refractivity contribution in [2.45, 2.75) is 12.5 Å². The predicted octanol–water partition coefficient (Wildman–Crippen LogP) is 1.22. The van der Waals surface area contributed by atoms with Gasteiger partial charge < -0.3 is 10.5 Å². The number of primary amides is 1. The maximum absolute atomic E-state index is 12.2. The third kappa shape index (κ3) is 5.96. The number of carbonyl (C=O) groups is 2. The molecule has 25 heavy (non-hydrogen) atoms. The third-order valence-electron chi connectivity index (χ3n) is 3.18. The van der Waals surface area contributed by atoms with Gasteiger partial charge in [-0.1, -0.05) is 30.3 Å². The lowest BCUT2D eigenvalue weighted by atomic mass is 10.1. The second-order valence-corrected chi connectivity index (χ2v) is 8.28. The van der Waals surface area contributed by atoms with Crippen molar-refractivity contribution < 1.29 is 22.7 Å². The molecule has 2 aromatic rings. The first-order chi connectivity index (χ1) is 11.8. The molecule has 0 saturated carbocycles. The van der Waals surface area contributed by atoms with E-state index in [4.69, 9.17) is 10.5 Å². The Morgan fingerprint density at radius 3 is 2.48 bits per heavy atom. The molecule has 1 heterocycles. The number of ether oxygens (including phenoxy) is 1. The average Bonchev–Trinajstić information content (AvgIpc) is 3.00. The molecule has 1 amide bonds. The van der Waals surface area contributed by atoms with E-state index in [1.54, 1.807) is 42.5 Å². The fourth-order valence-electron chi connectivity index (χ4n) is 2.06. The van der Waals surface area contributed by atoms with Gasteiger partial charge in [0.05, 0.1) is 6.26 Å². The van der Waals surface area contributed by atoms with Crippen LogP contribution in [0.25, 0.3) is 0 Å². The van der Waals surface area contributed by atoms with E-state index in [0.29, 0.717) is 16.9 Å². The Kier molecular flexibility index (Phi) is 6.29. The first kappa shape index (κ1) is 19.1. The van der Waals surface area contributed by atoms with E-state index >= 15 is 0 Å². The molecule has 1 aromatic carbocycles. The highest BCUT2D eigenvalue weighted by Crippen LogP contribution is 2.23. The number of rotatable bonds is 8. The van der Waals surface area contributed by atoms with Gasteiger partial charge in [0.15, 0.2) is 0 Å². The summed E-state index contributed by atoms with van der Waals surface area (Å²) in [6.45, 7) is 0.238. The molecule has 1 atom stereocenters. The first-order valence-corrected chi connectivity index (χ1v) is 10.1. The maximum atomic E-state index is 12.2. The summed E-state index contributed by atoms with van der Waals surface area (Å²) in [7, 11) is -3.25. The van der Waals surface area contributed by atoms with Gasteiger partial charge in [-0.05, 0) is 18.6 Å². The first-order valence-electron chi connectivity index (χ1n) is 7.35. The second-order valence-electron chi connectivity index (χ2n) is 5.28. The van der Waals surface area contributed by atoms with Gasteiger partial charge in [0.1, 0.15) is 4.88 Å². The molecule has 0 fully saturated rings. The highest BCUT2D eigenvalue weighted by atomic mass is 32.2. The smallest absolute Gasteiger partial charge is 0.349 e. The average molecular weight is 382 g/mol. The van der Waals surface area contributed by atoms with E-state index in [0.717, 1.165) is 11.1 Å². The molecule has 134 valence electrons. The number of hydrogen-bond acceptors (Lipinski definition) is 6. The summed E-state index contributed by atoms with van der Waals surface area (Å²) >= 11 is 1.18. The molecular weight excluding hydrogens is 364 g/mol. The van der Waals surface area contributed by atoms with Crippen LogP contribution in [0.2, 0.25) is 0 Å². The number of amides is 1. The minimum atomic E-state index is -3.25. The SMILES string of the molecule is CS(=O)(=O)NCCc1ccc(C(=O)OC(C(N)=O)c2ccccc2)s1. The van der Waals surface area contributed by atoms with Gasteiger partial charge in [0.2, 0.25) is 16.1 Å². The van der Waals surface area contributed by atoms with Gasteiger partial charge in [0, 0.05) is 17.0 Å². The van der Waals surface area contributed by atoms with Gasteiger partial charge in [-0.25, -0.2) is 17.9 Å². The molecule has 1 unspecified atom stereocenters. The number of hydrogen-bond donors (Lipinski definition) is 2. The van der Waals surface area contributed by atoms with Crippen molar-refractivity contribution in [3.63, 3.8) is 0 Å². The standard InChI is InChI=1S/C16H18N2O5S2/c1-25(21,22)18-10-9-12-7-8-13(24-12)16(20)23-14(15(17)19)11-5-3-2-4-6-11/h2-8,14,18H,9-10H2,1H3,(H2,17,19). The summed E-state index contributed by atoms with van der Waals surface area (Å²) in [5.74, 6) is -1.41. The topological polar surface area (TPSA) is 116 Å². The molecule has 0 aliphatic heterocycles. The lowest BCUT2D eigenvalue weighted by Crippen LogP contribution is -2.26. The molecule has 9 heteroatoms. The normalized spacial score (nSPS) is 12.5. The number of nitrogens with one attached hydrogen (secondary N) is 1. The summed E-state index contributed by atoms with van der Waals surface area (Å²) in [6, 6.07) is 11.8. The molecule has 0 radical (unpaired) electrons. The zero-order valence-electron chi connectivity index (χ0n) is 13.5. The largest absolute Gasteiger partial charge is 0.443 e. The number of thiophene rings is 1. The van der Waals surface area contributed by atoms with Crippen LogP contribution in [0.4, 0.5) is 0 Å². The number of benzene rings is 1. The van der Waals surface area contributed by atoms with Crippen molar-refractivity contribution in [3.8, 4) is 0 Å². The van der Waals surface area contributed by atoms with E-state index in [-0.39, 0.29) is 6.54 Å². The molecular formula is C16H18N2O5S2. The summed E-state index contributed by atoms with van der Waals surface area (Å²) in [6.07, 6.45) is 0.368. The maximum Gasteiger partial charge on any atom is 0.349 e. The Labute approximate surface area is 149 Å². The lowest BCUT2D eigenvalue weighted by Gasteiger charge is -2.14. The molecule has 0 saturated heterocycles. The van der Waals surface area contributed by atoms with Crippen molar-refractivity contribution in [3.05, 3.63) is 57.8 Å². The van der Waals surface area contributed by atoms with Crippen LogP contribution in [0, 0.1) is 0 Å². The zero-order valence-corrected chi connectivity index (χ0v) is 15.1. The Morgan fingerprint density at radius 1 is 1.20 bits per heavy atom. The van der Waals surface area contributed by atoms with Crippen LogP contribution in [0.3, 0.4) is 0 Å². The molecule has 3 N–H and O–H groups in total. The van der Waals surface area contributed by atoms with E-state index in [2.05, 4.69) is 4.72 Å². The highest BCUT2D eigenvalue weighted by molar-refractivity contribution is 7.88. The van der Waals surface area contributed by atoms with Crippen LogP contribution in [0.5, 0.6) is 0 Å². The Morgan fingerprint density at radius 2 is 1.88 bits per heavy atom. The second kappa shape index (κ2) is 8.24. The fourth-order valence-corrected chi connectivity index (χ4v) is 3.43. The van der Waals surface area contributed by atoms with Gasteiger partial charge >= 0.3 is 5.97 Å². The summed E-state index contributed by atoms with van der Waals surface area (Å²) < 4.78 is 29.7. The number of esters is 1. The molecule has 1 aromatic heterocycles. The molecule has 0 aliphatic carbocycles. The number of carbonyl (C=O) groups excluding carboxylic acids is 2. The van der Waals surface area contributed by atoms with Crippen LogP contribution in [0.1, 0.15) is 26.2 Å². The predicted molar refractivity (Wildman–Crippen MR) is 94.7 cm³/mol. The molecule has 2 rings (SSSR count). The Hall–Kier alpha value is -2.23. The lowest BCUT2D eigenvalue weighted by molar-refractivity contribution is -0.127. The van der Waals surface area contributed by atoms with Crippen LogP contribution in [0.15, 0.2) is 42.5 Å². The molecule has 7 nitrogen and oxygen atoms in total. The minimum absolute atomic E-state index is 0.238. The van der Waals surface area contributed by atoms with Gasteiger partial charge in [-0.3, -0.25) is 4.79 Å². The Balaban J connectivity index is 2.01. The fraction of sp³-hybridized carbons (Fsp3) is 0.250. The summed E-state index contributed by atoms with van der Waals surface area (Å²) in [5.41, 5.74) is 5.83. The van der Waals surface area contributed by atoms with E-state index in [9.17, 15) is 18.0 Å². The zero-order chi connectivity index (χ0) is 18.4. The monoisotopic (exact) mass is 382 g/mol. The summed E-state index contributed by atoms with van der Waals surface area (Å²) in [5, 5.41) is 0. The van der Waals surface area contributed by atoms with Crippen LogP contribution >= 0.6 is 11.3 Å². The Bertz CT molecular complexity index is 846. The summed E-state index contributed by atoms with van der Waals surface area (Å²) in [4.78, 5) is 25.0. The van der Waals surface area contributed by atoms with E-state index < -0.39 is 28.0 Å². The third-order valence-corrected chi connectivity index (χ3v) is 5.04. The van der Waals surface area contributed by atoms with E-state index in [1.165, 1.54) is 11.3 Å². The number of sulfonamides is 1. The number of nitrogens with two attached hydrogens (primary N) is 1. The van der Waals surface area contributed by atoms with Gasteiger partial charge in [-0.15, -0.1) is 11.3 Å². The molecule has 0 aliphatic rings.